The van der Waals surface area contributed by atoms with E-state index in [-0.39, 0.29) is 0 Å². The van der Waals surface area contributed by atoms with Crippen molar-refractivity contribution in [3.8, 4) is 11.5 Å². The Kier molecular flexibility index (Phi) is 5.38. The fourth-order valence-electron chi connectivity index (χ4n) is 2.01. The average molecular weight is 283 g/mol. The molecule has 0 unspecified atom stereocenters. The van der Waals surface area contributed by atoms with Gasteiger partial charge >= 0.3 is 0 Å². The van der Waals surface area contributed by atoms with Gasteiger partial charge in [-0.2, -0.15) is 0 Å². The van der Waals surface area contributed by atoms with E-state index >= 15 is 0 Å². The average Bonchev–Trinajstić information content (AvgIpc) is 2.54. The topological polar surface area (TPSA) is 30.8 Å². The maximum Gasteiger partial charge on any atom is 0.161 e. The monoisotopic (exact) mass is 283 g/mol. The number of hydrogen-bond acceptors (Lipinski definition) is 3. The van der Waals surface area contributed by atoms with Gasteiger partial charge in [-0.3, -0.25) is 4.99 Å². The van der Waals surface area contributed by atoms with Crippen molar-refractivity contribution < 1.29 is 9.47 Å². The molecule has 3 nitrogen and oxygen atoms in total. The van der Waals surface area contributed by atoms with Crippen molar-refractivity contribution in [3.63, 3.8) is 0 Å². The zero-order valence-electron chi connectivity index (χ0n) is 12.8. The minimum atomic E-state index is 0.619. The summed E-state index contributed by atoms with van der Waals surface area (Å²) in [5.74, 6) is 1.48. The van der Waals surface area contributed by atoms with Gasteiger partial charge < -0.3 is 9.47 Å². The number of nitrogens with zero attached hydrogens (tertiary/aromatic N) is 1. The van der Waals surface area contributed by atoms with Crippen molar-refractivity contribution in [1.82, 2.24) is 0 Å². The van der Waals surface area contributed by atoms with Crippen LogP contribution < -0.4 is 9.47 Å². The Morgan fingerprint density at radius 3 is 2.38 bits per heavy atom. The van der Waals surface area contributed by atoms with E-state index in [1.54, 1.807) is 7.11 Å². The molecule has 2 rings (SSSR count). The number of aryl methyl sites for hydroxylation is 1. The first-order valence-corrected chi connectivity index (χ1v) is 7.20. The number of benzene rings is 2. The normalized spacial score (nSPS) is 10.8. The lowest BCUT2D eigenvalue weighted by molar-refractivity contribution is 0.311. The van der Waals surface area contributed by atoms with E-state index < -0.39 is 0 Å². The second-order valence-electron chi connectivity index (χ2n) is 4.62. The van der Waals surface area contributed by atoms with Crippen molar-refractivity contribution >= 4 is 11.9 Å². The second kappa shape index (κ2) is 7.48. The van der Waals surface area contributed by atoms with Gasteiger partial charge in [0.05, 0.1) is 19.4 Å². The molecule has 0 aliphatic carbocycles. The largest absolute Gasteiger partial charge is 0.493 e. The highest BCUT2D eigenvalue weighted by molar-refractivity contribution is 5.83. The summed E-state index contributed by atoms with van der Waals surface area (Å²) in [7, 11) is 1.64. The van der Waals surface area contributed by atoms with Crippen LogP contribution in [-0.4, -0.2) is 19.9 Å². The maximum atomic E-state index is 5.50. The molecule has 0 spiro atoms. The third-order valence-corrected chi connectivity index (χ3v) is 3.19. The molecule has 110 valence electrons. The summed E-state index contributed by atoms with van der Waals surface area (Å²) in [5, 5.41) is 0. The molecule has 0 radical (unpaired) electrons. The molecule has 21 heavy (non-hydrogen) atoms. The summed E-state index contributed by atoms with van der Waals surface area (Å²) in [6.07, 6.45) is 2.87. The fourth-order valence-corrected chi connectivity index (χ4v) is 2.01. The van der Waals surface area contributed by atoms with Crippen LogP contribution in [0.4, 0.5) is 5.69 Å². The maximum absolute atomic E-state index is 5.50. The van der Waals surface area contributed by atoms with Gasteiger partial charge in [0.2, 0.25) is 0 Å². The van der Waals surface area contributed by atoms with Gasteiger partial charge in [-0.1, -0.05) is 19.1 Å². The van der Waals surface area contributed by atoms with E-state index in [0.717, 1.165) is 29.2 Å². The zero-order chi connectivity index (χ0) is 15.1. The summed E-state index contributed by atoms with van der Waals surface area (Å²) in [6, 6.07) is 14.1. The lowest BCUT2D eigenvalue weighted by Crippen LogP contribution is -1.96. The van der Waals surface area contributed by atoms with Gasteiger partial charge in [-0.25, -0.2) is 0 Å². The molecular formula is C18H21NO2. The summed E-state index contributed by atoms with van der Waals surface area (Å²) in [6.45, 7) is 4.72. The number of ether oxygens (including phenoxy) is 2. The van der Waals surface area contributed by atoms with E-state index in [1.807, 2.05) is 43.5 Å². The molecular weight excluding hydrogens is 262 g/mol. The number of rotatable bonds is 6. The summed E-state index contributed by atoms with van der Waals surface area (Å²) >= 11 is 0. The number of methoxy groups -OCH3 is 1. The van der Waals surface area contributed by atoms with Crippen LogP contribution in [0.25, 0.3) is 0 Å². The minimum Gasteiger partial charge on any atom is -0.493 e. The van der Waals surface area contributed by atoms with Crippen LogP contribution >= 0.6 is 0 Å². The van der Waals surface area contributed by atoms with Crippen molar-refractivity contribution in [1.29, 1.82) is 0 Å². The first-order chi connectivity index (χ1) is 10.3. The first-order valence-electron chi connectivity index (χ1n) is 7.20. The molecule has 0 N–H and O–H groups in total. The van der Waals surface area contributed by atoms with Crippen molar-refractivity contribution in [2.45, 2.75) is 20.3 Å². The highest BCUT2D eigenvalue weighted by Crippen LogP contribution is 2.27. The Morgan fingerprint density at radius 1 is 1.00 bits per heavy atom. The van der Waals surface area contributed by atoms with Crippen molar-refractivity contribution in [3.05, 3.63) is 53.6 Å². The lowest BCUT2D eigenvalue weighted by atomic mass is 10.1. The predicted molar refractivity (Wildman–Crippen MR) is 87.2 cm³/mol. The van der Waals surface area contributed by atoms with Gasteiger partial charge in [0, 0.05) is 6.21 Å². The molecule has 0 aliphatic rings. The van der Waals surface area contributed by atoms with Crippen LogP contribution in [-0.2, 0) is 6.42 Å². The number of hydrogen-bond donors (Lipinski definition) is 0. The van der Waals surface area contributed by atoms with Crippen LogP contribution in [0.15, 0.2) is 47.5 Å². The first kappa shape index (κ1) is 15.1. The lowest BCUT2D eigenvalue weighted by Gasteiger charge is -2.09. The van der Waals surface area contributed by atoms with Crippen molar-refractivity contribution in [2.75, 3.05) is 13.7 Å². The Labute approximate surface area is 126 Å². The molecule has 0 aromatic heterocycles. The minimum absolute atomic E-state index is 0.619. The molecule has 0 atom stereocenters. The van der Waals surface area contributed by atoms with E-state index in [4.69, 9.17) is 9.47 Å². The van der Waals surface area contributed by atoms with E-state index in [1.165, 1.54) is 5.56 Å². The second-order valence-corrected chi connectivity index (χ2v) is 4.62. The van der Waals surface area contributed by atoms with Crippen LogP contribution in [0.2, 0.25) is 0 Å². The molecule has 0 saturated heterocycles. The Hall–Kier alpha value is -2.29. The predicted octanol–water partition coefficient (Wildman–Crippen LogP) is 4.41. The van der Waals surface area contributed by atoms with Crippen molar-refractivity contribution in [2.24, 2.45) is 4.99 Å². The third kappa shape index (κ3) is 4.09. The molecule has 3 heteroatoms. The van der Waals surface area contributed by atoms with Gasteiger partial charge in [0.25, 0.3) is 0 Å². The molecule has 0 fully saturated rings. The van der Waals surface area contributed by atoms with E-state index in [2.05, 4.69) is 24.0 Å². The highest BCUT2D eigenvalue weighted by Gasteiger charge is 2.03. The Balaban J connectivity index is 2.16. The van der Waals surface area contributed by atoms with E-state index in [0.29, 0.717) is 6.61 Å². The third-order valence-electron chi connectivity index (χ3n) is 3.19. The zero-order valence-corrected chi connectivity index (χ0v) is 12.8. The molecule has 2 aromatic rings. The molecule has 0 aliphatic heterocycles. The standard InChI is InChI=1S/C18H21NO2/c1-4-14-6-9-16(10-7-14)19-13-15-8-11-17(21-5-2)18(12-15)20-3/h6-13H,4-5H2,1-3H3. The molecule has 0 heterocycles. The molecule has 0 bridgehead atoms. The summed E-state index contributed by atoms with van der Waals surface area (Å²) < 4.78 is 10.8. The van der Waals surface area contributed by atoms with Gasteiger partial charge in [-0.05, 0) is 54.8 Å². The fraction of sp³-hybridized carbons (Fsp3) is 0.278. The Morgan fingerprint density at radius 2 is 1.76 bits per heavy atom. The smallest absolute Gasteiger partial charge is 0.161 e. The van der Waals surface area contributed by atoms with Gasteiger partial charge in [0.1, 0.15) is 0 Å². The van der Waals surface area contributed by atoms with E-state index in [9.17, 15) is 0 Å². The summed E-state index contributed by atoms with van der Waals surface area (Å²) in [4.78, 5) is 4.48. The molecule has 0 amide bonds. The van der Waals surface area contributed by atoms with Gasteiger partial charge in [-0.15, -0.1) is 0 Å². The number of aliphatic imine (C=N–C) groups is 1. The molecule has 0 saturated carbocycles. The van der Waals surface area contributed by atoms with Crippen LogP contribution in [0, 0.1) is 0 Å². The quantitative estimate of drug-likeness (QED) is 0.735. The van der Waals surface area contributed by atoms with Crippen LogP contribution in [0.1, 0.15) is 25.0 Å². The SMILES string of the molecule is CCOc1ccc(C=Nc2ccc(CC)cc2)cc1OC. The van der Waals surface area contributed by atoms with Crippen LogP contribution in [0.5, 0.6) is 11.5 Å². The van der Waals surface area contributed by atoms with Crippen LogP contribution in [0.3, 0.4) is 0 Å². The highest BCUT2D eigenvalue weighted by atomic mass is 16.5. The summed E-state index contributed by atoms with van der Waals surface area (Å²) in [5.41, 5.74) is 3.24. The Bertz CT molecular complexity index is 603. The molecule has 2 aromatic carbocycles. The van der Waals surface area contributed by atoms with Gasteiger partial charge in [0.15, 0.2) is 11.5 Å².